The first-order valence-electron chi connectivity index (χ1n) is 8.43. The molecule has 27 heavy (non-hydrogen) atoms. The zero-order chi connectivity index (χ0) is 20.6. The molecule has 0 fully saturated rings. The van der Waals surface area contributed by atoms with E-state index in [0.717, 1.165) is 4.90 Å². The van der Waals surface area contributed by atoms with E-state index in [1.54, 1.807) is 45.3 Å². The van der Waals surface area contributed by atoms with Gasteiger partial charge < -0.3 is 20.1 Å². The number of hydrogen-bond donors (Lipinski definition) is 2. The Morgan fingerprint density at radius 2 is 2.00 bits per heavy atom. The van der Waals surface area contributed by atoms with Gasteiger partial charge in [0.25, 0.3) is 0 Å². The molecular formula is C19H25N3O5. The number of pyridine rings is 1. The summed E-state index contributed by atoms with van der Waals surface area (Å²) >= 11 is 0. The molecule has 2 atom stereocenters. The third kappa shape index (κ3) is 7.77. The molecule has 1 rings (SSSR count). The molecule has 0 spiro atoms. The zero-order valence-electron chi connectivity index (χ0n) is 16.1. The highest BCUT2D eigenvalue weighted by molar-refractivity contribution is 5.89. The highest BCUT2D eigenvalue weighted by atomic mass is 16.6. The van der Waals surface area contributed by atoms with Gasteiger partial charge >= 0.3 is 12.1 Å². The van der Waals surface area contributed by atoms with Crippen LogP contribution in [0.4, 0.5) is 4.79 Å². The van der Waals surface area contributed by atoms with Crippen LogP contribution in [0.25, 0.3) is 0 Å². The molecule has 146 valence electrons. The van der Waals surface area contributed by atoms with E-state index >= 15 is 0 Å². The Balaban J connectivity index is 2.86. The van der Waals surface area contributed by atoms with Crippen molar-refractivity contribution in [3.8, 4) is 11.8 Å². The first-order valence-corrected chi connectivity index (χ1v) is 8.43. The average molecular weight is 375 g/mol. The molecule has 1 aromatic heterocycles. The quantitative estimate of drug-likeness (QED) is 0.758. The average Bonchev–Trinajstić information content (AvgIpc) is 2.56. The number of rotatable bonds is 5. The van der Waals surface area contributed by atoms with Gasteiger partial charge in [-0.2, -0.15) is 0 Å². The number of hydrogen-bond acceptors (Lipinski definition) is 5. The van der Waals surface area contributed by atoms with Crippen LogP contribution in [0, 0.1) is 11.8 Å². The van der Waals surface area contributed by atoms with Gasteiger partial charge in [0, 0.05) is 18.0 Å². The Hall–Kier alpha value is -3.08. The van der Waals surface area contributed by atoms with E-state index in [1.165, 1.54) is 13.8 Å². The maximum atomic E-state index is 12.6. The van der Waals surface area contributed by atoms with Crippen LogP contribution in [0.1, 0.15) is 40.2 Å². The summed E-state index contributed by atoms with van der Waals surface area (Å²) in [6.45, 7) is 7.83. The standard InChI is InChI=1S/C19H25N3O5/c1-13(21-18(26)27-19(3,4)5)16(23)22(14(2)17(24)25)11-7-9-15-8-6-10-20-12-15/h6,8,10,12-14H,11H2,1-5H3,(H,21,26)(H,24,25)/t13-,14?/m1/s1. The Morgan fingerprint density at radius 3 is 2.52 bits per heavy atom. The lowest BCUT2D eigenvalue weighted by Crippen LogP contribution is -2.52. The monoisotopic (exact) mass is 375 g/mol. The summed E-state index contributed by atoms with van der Waals surface area (Å²) in [4.78, 5) is 40.9. The Kier molecular flexibility index (Phi) is 7.79. The lowest BCUT2D eigenvalue weighted by atomic mass is 10.2. The smallest absolute Gasteiger partial charge is 0.408 e. The van der Waals surface area contributed by atoms with Crippen LogP contribution in [-0.4, -0.2) is 57.2 Å². The van der Waals surface area contributed by atoms with Gasteiger partial charge in [-0.15, -0.1) is 0 Å². The molecule has 1 unspecified atom stereocenters. The summed E-state index contributed by atoms with van der Waals surface area (Å²) in [5, 5.41) is 11.7. The van der Waals surface area contributed by atoms with Crippen molar-refractivity contribution in [3.63, 3.8) is 0 Å². The minimum Gasteiger partial charge on any atom is -0.480 e. The summed E-state index contributed by atoms with van der Waals surface area (Å²) < 4.78 is 5.11. The second kappa shape index (κ2) is 9.57. The summed E-state index contributed by atoms with van der Waals surface area (Å²) in [5.74, 6) is 3.85. The third-order valence-electron chi connectivity index (χ3n) is 3.36. The van der Waals surface area contributed by atoms with Gasteiger partial charge in [0.05, 0.1) is 6.54 Å². The third-order valence-corrected chi connectivity index (χ3v) is 3.36. The zero-order valence-corrected chi connectivity index (χ0v) is 16.1. The molecular weight excluding hydrogens is 350 g/mol. The molecule has 8 nitrogen and oxygen atoms in total. The molecule has 0 aliphatic heterocycles. The fraction of sp³-hybridized carbons (Fsp3) is 0.474. The SMILES string of the molecule is CC(C(=O)O)N(CC#Cc1cccnc1)C(=O)[C@@H](C)NC(=O)OC(C)(C)C. The predicted molar refractivity (Wildman–Crippen MR) is 98.8 cm³/mol. The summed E-state index contributed by atoms with van der Waals surface area (Å²) in [7, 11) is 0. The number of carboxylic acids is 1. The van der Waals surface area contributed by atoms with Crippen molar-refractivity contribution in [3.05, 3.63) is 30.1 Å². The highest BCUT2D eigenvalue weighted by Crippen LogP contribution is 2.08. The molecule has 2 N–H and O–H groups in total. The molecule has 0 saturated carbocycles. The number of alkyl carbamates (subject to hydrolysis) is 1. The fourth-order valence-electron chi connectivity index (χ4n) is 2.00. The molecule has 0 aliphatic carbocycles. The van der Waals surface area contributed by atoms with Crippen molar-refractivity contribution >= 4 is 18.0 Å². The Bertz CT molecular complexity index is 731. The predicted octanol–water partition coefficient (Wildman–Crippen LogP) is 1.65. The van der Waals surface area contributed by atoms with Crippen molar-refractivity contribution in [2.75, 3.05) is 6.54 Å². The van der Waals surface area contributed by atoms with Crippen LogP contribution >= 0.6 is 0 Å². The van der Waals surface area contributed by atoms with Crippen molar-refractivity contribution in [2.45, 2.75) is 52.3 Å². The number of nitrogens with one attached hydrogen (secondary N) is 1. The van der Waals surface area contributed by atoms with Crippen LogP contribution in [0.3, 0.4) is 0 Å². The van der Waals surface area contributed by atoms with Crippen molar-refractivity contribution in [1.29, 1.82) is 0 Å². The number of carboxylic acid groups (broad SMARTS) is 1. The van der Waals surface area contributed by atoms with Gasteiger partial charge in [-0.05, 0) is 46.8 Å². The number of ether oxygens (including phenoxy) is 1. The molecule has 0 bridgehead atoms. The van der Waals surface area contributed by atoms with E-state index in [2.05, 4.69) is 22.1 Å². The topological polar surface area (TPSA) is 109 Å². The van der Waals surface area contributed by atoms with E-state index in [4.69, 9.17) is 4.74 Å². The van der Waals surface area contributed by atoms with Crippen LogP contribution in [-0.2, 0) is 14.3 Å². The summed E-state index contributed by atoms with van der Waals surface area (Å²) in [6, 6.07) is 1.39. The molecule has 0 saturated heterocycles. The molecule has 1 heterocycles. The lowest BCUT2D eigenvalue weighted by Gasteiger charge is -2.28. The molecule has 0 aromatic carbocycles. The van der Waals surface area contributed by atoms with Gasteiger partial charge in [-0.1, -0.05) is 11.8 Å². The van der Waals surface area contributed by atoms with Crippen LogP contribution in [0.15, 0.2) is 24.5 Å². The maximum absolute atomic E-state index is 12.6. The number of aromatic nitrogens is 1. The van der Waals surface area contributed by atoms with Gasteiger partial charge in [0.1, 0.15) is 17.7 Å². The minimum absolute atomic E-state index is 0.110. The summed E-state index contributed by atoms with van der Waals surface area (Å²) in [6.07, 6.45) is 2.41. The van der Waals surface area contributed by atoms with Crippen LogP contribution in [0.2, 0.25) is 0 Å². The number of amides is 2. The van der Waals surface area contributed by atoms with Crippen molar-refractivity contribution in [2.24, 2.45) is 0 Å². The van der Waals surface area contributed by atoms with Gasteiger partial charge in [0.15, 0.2) is 0 Å². The second-order valence-corrected chi connectivity index (χ2v) is 6.89. The number of nitrogens with zero attached hydrogens (tertiary/aromatic N) is 2. The summed E-state index contributed by atoms with van der Waals surface area (Å²) in [5.41, 5.74) is -0.0661. The lowest BCUT2D eigenvalue weighted by molar-refractivity contribution is -0.149. The Morgan fingerprint density at radius 1 is 1.33 bits per heavy atom. The number of aliphatic carboxylic acids is 1. The van der Waals surface area contributed by atoms with Gasteiger partial charge in [-0.25, -0.2) is 9.59 Å². The van der Waals surface area contributed by atoms with E-state index in [1.807, 2.05) is 0 Å². The van der Waals surface area contributed by atoms with Crippen molar-refractivity contribution < 1.29 is 24.2 Å². The van der Waals surface area contributed by atoms with E-state index < -0.39 is 35.7 Å². The number of carbonyl (C=O) groups excluding carboxylic acids is 2. The van der Waals surface area contributed by atoms with E-state index in [9.17, 15) is 19.5 Å². The molecule has 1 aromatic rings. The second-order valence-electron chi connectivity index (χ2n) is 6.89. The largest absolute Gasteiger partial charge is 0.480 e. The first-order chi connectivity index (χ1) is 12.5. The molecule has 0 radical (unpaired) electrons. The first kappa shape index (κ1) is 22.0. The maximum Gasteiger partial charge on any atom is 0.408 e. The van der Waals surface area contributed by atoms with Crippen LogP contribution < -0.4 is 5.32 Å². The van der Waals surface area contributed by atoms with E-state index in [-0.39, 0.29) is 6.54 Å². The van der Waals surface area contributed by atoms with Gasteiger partial charge in [0.2, 0.25) is 5.91 Å². The minimum atomic E-state index is -1.17. The normalized spacial score (nSPS) is 12.8. The molecule has 8 heteroatoms. The Labute approximate surface area is 158 Å². The highest BCUT2D eigenvalue weighted by Gasteiger charge is 2.30. The molecule has 2 amide bonds. The molecule has 0 aliphatic rings. The van der Waals surface area contributed by atoms with E-state index in [0.29, 0.717) is 5.56 Å². The van der Waals surface area contributed by atoms with Crippen LogP contribution in [0.5, 0.6) is 0 Å². The number of carbonyl (C=O) groups is 3. The fourth-order valence-corrected chi connectivity index (χ4v) is 2.00. The van der Waals surface area contributed by atoms with Crippen molar-refractivity contribution in [1.82, 2.24) is 15.2 Å². The van der Waals surface area contributed by atoms with Gasteiger partial charge in [-0.3, -0.25) is 9.78 Å².